The van der Waals surface area contributed by atoms with Gasteiger partial charge in [-0.15, -0.1) is 0 Å². The van der Waals surface area contributed by atoms with E-state index in [0.717, 1.165) is 12.8 Å². The maximum atomic E-state index is 11.0. The fourth-order valence-electron chi connectivity index (χ4n) is 0.837. The Bertz CT molecular complexity index is 211. The molecule has 0 saturated heterocycles. The molecule has 0 saturated carbocycles. The van der Waals surface area contributed by atoms with Crippen LogP contribution in [0.15, 0.2) is 12.2 Å². The fourth-order valence-corrected chi connectivity index (χ4v) is 0.939. The van der Waals surface area contributed by atoms with Crippen molar-refractivity contribution in [1.29, 1.82) is 0 Å². The van der Waals surface area contributed by atoms with Gasteiger partial charge in [-0.05, 0) is 33.6 Å². The molecule has 0 atom stereocenters. The van der Waals surface area contributed by atoms with E-state index in [1.165, 1.54) is 0 Å². The third kappa shape index (κ3) is 5.94. The topological polar surface area (TPSA) is 35.5 Å². The van der Waals surface area contributed by atoms with Crippen molar-refractivity contribution in [3.8, 4) is 0 Å². The molecule has 0 bridgehead atoms. The van der Waals surface area contributed by atoms with Gasteiger partial charge < -0.3 is 9.16 Å². The van der Waals surface area contributed by atoms with Crippen molar-refractivity contribution < 1.29 is 14.0 Å². The Morgan fingerprint density at radius 1 is 1.50 bits per heavy atom. The summed E-state index contributed by atoms with van der Waals surface area (Å²) in [5, 5.41) is 0. The van der Waals surface area contributed by atoms with Crippen LogP contribution in [0.1, 0.15) is 33.6 Å². The molecule has 0 rings (SSSR count). The standard InChI is InChI=1S/C10H17O3Si/c1-8(2)9(11)12-7-5-6-10(3,4)13-14/h1,5-7H2,2-4H3. The molecular formula is C10H17O3Si. The Morgan fingerprint density at radius 2 is 2.07 bits per heavy atom. The SMILES string of the molecule is C=C(C)C(=O)OCCCC(C)(C)O[Si]. The fraction of sp³-hybridized carbons (Fsp3) is 0.700. The molecule has 0 aromatic carbocycles. The minimum atomic E-state index is -0.331. The molecule has 3 nitrogen and oxygen atoms in total. The van der Waals surface area contributed by atoms with Crippen molar-refractivity contribution in [2.45, 2.75) is 39.2 Å². The third-order valence-electron chi connectivity index (χ3n) is 1.78. The first-order valence-electron chi connectivity index (χ1n) is 4.56. The summed E-state index contributed by atoms with van der Waals surface area (Å²) in [6, 6.07) is 0. The van der Waals surface area contributed by atoms with Crippen LogP contribution in [0.3, 0.4) is 0 Å². The van der Waals surface area contributed by atoms with Gasteiger partial charge in [-0.2, -0.15) is 0 Å². The molecule has 0 fully saturated rings. The van der Waals surface area contributed by atoms with Crippen LogP contribution in [-0.2, 0) is 14.0 Å². The van der Waals surface area contributed by atoms with Gasteiger partial charge in [0.1, 0.15) is 0 Å². The van der Waals surface area contributed by atoms with Gasteiger partial charge in [0.05, 0.1) is 12.2 Å². The second-order valence-corrected chi connectivity index (χ2v) is 4.09. The lowest BCUT2D eigenvalue weighted by Gasteiger charge is -2.22. The van der Waals surface area contributed by atoms with E-state index in [0.29, 0.717) is 12.2 Å². The second kappa shape index (κ2) is 5.98. The van der Waals surface area contributed by atoms with Gasteiger partial charge in [0.2, 0.25) is 10.5 Å². The lowest BCUT2D eigenvalue weighted by atomic mass is 10.0. The Kier molecular flexibility index (Phi) is 5.72. The van der Waals surface area contributed by atoms with Gasteiger partial charge in [-0.1, -0.05) is 6.58 Å². The van der Waals surface area contributed by atoms with Gasteiger partial charge in [-0.25, -0.2) is 4.79 Å². The zero-order valence-electron chi connectivity index (χ0n) is 9.05. The molecule has 0 aromatic heterocycles. The molecule has 0 unspecified atom stereocenters. The van der Waals surface area contributed by atoms with Gasteiger partial charge >= 0.3 is 5.97 Å². The molecule has 0 amide bonds. The average Bonchev–Trinajstić information content (AvgIpc) is 2.12. The summed E-state index contributed by atoms with van der Waals surface area (Å²) in [5.41, 5.74) is 0.201. The minimum absolute atomic E-state index is 0.230. The highest BCUT2D eigenvalue weighted by molar-refractivity contribution is 5.98. The van der Waals surface area contributed by atoms with Gasteiger partial charge in [-0.3, -0.25) is 0 Å². The molecule has 4 heteroatoms. The number of carbonyl (C=O) groups is 1. The lowest BCUT2D eigenvalue weighted by molar-refractivity contribution is -0.139. The van der Waals surface area contributed by atoms with Crippen LogP contribution in [0.5, 0.6) is 0 Å². The van der Waals surface area contributed by atoms with Crippen LogP contribution in [0.25, 0.3) is 0 Å². The summed E-state index contributed by atoms with van der Waals surface area (Å²) in [6.45, 7) is 9.45. The van der Waals surface area contributed by atoms with E-state index in [9.17, 15) is 4.79 Å². The lowest BCUT2D eigenvalue weighted by Crippen LogP contribution is -2.23. The van der Waals surface area contributed by atoms with Crippen LogP contribution in [0.2, 0.25) is 0 Å². The number of hydrogen-bond donors (Lipinski definition) is 0. The van der Waals surface area contributed by atoms with Crippen molar-refractivity contribution in [3.05, 3.63) is 12.2 Å². The number of ether oxygens (including phenoxy) is 1. The van der Waals surface area contributed by atoms with Crippen molar-refractivity contribution >= 4 is 16.5 Å². The molecule has 0 spiro atoms. The number of rotatable bonds is 6. The smallest absolute Gasteiger partial charge is 0.333 e. The van der Waals surface area contributed by atoms with E-state index >= 15 is 0 Å². The zero-order valence-corrected chi connectivity index (χ0v) is 10.1. The Morgan fingerprint density at radius 3 is 2.50 bits per heavy atom. The largest absolute Gasteiger partial charge is 0.462 e. The summed E-state index contributed by atoms with van der Waals surface area (Å²) >= 11 is 0. The zero-order chi connectivity index (χ0) is 11.2. The average molecular weight is 213 g/mol. The van der Waals surface area contributed by atoms with Gasteiger partial charge in [0.25, 0.3) is 0 Å². The van der Waals surface area contributed by atoms with E-state index in [2.05, 4.69) is 17.1 Å². The van der Waals surface area contributed by atoms with Crippen LogP contribution in [0.4, 0.5) is 0 Å². The van der Waals surface area contributed by atoms with E-state index in [4.69, 9.17) is 9.16 Å². The first kappa shape index (κ1) is 13.4. The molecule has 0 aliphatic rings. The number of hydrogen-bond acceptors (Lipinski definition) is 3. The van der Waals surface area contributed by atoms with Crippen LogP contribution < -0.4 is 0 Å². The summed E-state index contributed by atoms with van der Waals surface area (Å²) in [6.07, 6.45) is 1.59. The summed E-state index contributed by atoms with van der Waals surface area (Å²) in [5.74, 6) is -0.331. The molecular weight excluding hydrogens is 196 g/mol. The van der Waals surface area contributed by atoms with Crippen molar-refractivity contribution in [2.24, 2.45) is 0 Å². The predicted octanol–water partition coefficient (Wildman–Crippen LogP) is 1.76. The van der Waals surface area contributed by atoms with E-state index in [1.54, 1.807) is 6.92 Å². The van der Waals surface area contributed by atoms with Crippen LogP contribution >= 0.6 is 0 Å². The third-order valence-corrected chi connectivity index (χ3v) is 2.33. The summed E-state index contributed by atoms with van der Waals surface area (Å²) in [4.78, 5) is 11.0. The predicted molar refractivity (Wildman–Crippen MR) is 55.9 cm³/mol. The monoisotopic (exact) mass is 213 g/mol. The minimum Gasteiger partial charge on any atom is -0.462 e. The Hall–Kier alpha value is -0.613. The number of carbonyl (C=O) groups excluding carboxylic acids is 1. The molecule has 0 aliphatic heterocycles. The van der Waals surface area contributed by atoms with Crippen LogP contribution in [-0.4, -0.2) is 28.7 Å². The van der Waals surface area contributed by atoms with Crippen molar-refractivity contribution in [2.75, 3.05) is 6.61 Å². The highest BCUT2D eigenvalue weighted by Gasteiger charge is 2.15. The van der Waals surface area contributed by atoms with Gasteiger partial charge in [0, 0.05) is 5.57 Å². The van der Waals surface area contributed by atoms with Crippen molar-refractivity contribution in [1.82, 2.24) is 0 Å². The highest BCUT2D eigenvalue weighted by atomic mass is 28.2. The first-order chi connectivity index (χ1) is 6.39. The van der Waals surface area contributed by atoms with Crippen LogP contribution in [0, 0.1) is 0 Å². The molecule has 14 heavy (non-hydrogen) atoms. The maximum Gasteiger partial charge on any atom is 0.333 e. The maximum absolute atomic E-state index is 11.0. The van der Waals surface area contributed by atoms with Gasteiger partial charge in [0.15, 0.2) is 0 Å². The molecule has 79 valence electrons. The highest BCUT2D eigenvalue weighted by Crippen LogP contribution is 2.14. The Balaban J connectivity index is 3.57. The van der Waals surface area contributed by atoms with Crippen molar-refractivity contribution in [3.63, 3.8) is 0 Å². The normalized spacial score (nSPS) is 11.1. The summed E-state index contributed by atoms with van der Waals surface area (Å²) < 4.78 is 9.97. The van der Waals surface area contributed by atoms with E-state index < -0.39 is 0 Å². The molecule has 0 aliphatic carbocycles. The second-order valence-electron chi connectivity index (χ2n) is 3.88. The number of esters is 1. The molecule has 3 radical (unpaired) electrons. The van der Waals surface area contributed by atoms with E-state index in [-0.39, 0.29) is 11.6 Å². The summed E-state index contributed by atoms with van der Waals surface area (Å²) in [7, 11) is 3.00. The molecule has 0 aromatic rings. The molecule has 0 heterocycles. The Labute approximate surface area is 89.0 Å². The van der Waals surface area contributed by atoms with E-state index in [1.807, 2.05) is 13.8 Å². The molecule has 0 N–H and O–H groups in total. The first-order valence-corrected chi connectivity index (χ1v) is 4.97. The quantitative estimate of drug-likeness (QED) is 0.292.